The zero-order chi connectivity index (χ0) is 18.2. The Bertz CT molecular complexity index is 719. The molecule has 8 heteroatoms. The summed E-state index contributed by atoms with van der Waals surface area (Å²) in [6.07, 6.45) is 0.879. The van der Waals surface area contributed by atoms with Crippen molar-refractivity contribution in [3.8, 4) is 0 Å². The molecular formula is C18H27FIN5S. The second kappa shape index (κ2) is 11.3. The lowest BCUT2D eigenvalue weighted by atomic mass is 10.2. The molecule has 0 saturated heterocycles. The Balaban J connectivity index is 0.00000338. The Kier molecular flexibility index (Phi) is 9.85. The van der Waals surface area contributed by atoms with Gasteiger partial charge in [-0.25, -0.2) is 9.37 Å². The van der Waals surface area contributed by atoms with Crippen molar-refractivity contribution in [2.45, 2.75) is 26.8 Å². The Hall–Kier alpha value is -1.42. The minimum atomic E-state index is -0.189. The van der Waals surface area contributed by atoms with Gasteiger partial charge in [0, 0.05) is 32.1 Å². The van der Waals surface area contributed by atoms with E-state index in [1.807, 2.05) is 31.9 Å². The first-order chi connectivity index (χ1) is 12.0. The molecule has 0 spiro atoms. The largest absolute Gasteiger partial charge is 0.372 e. The van der Waals surface area contributed by atoms with Crippen molar-refractivity contribution < 1.29 is 4.39 Å². The number of guanidine groups is 1. The zero-order valence-electron chi connectivity index (χ0n) is 15.7. The fourth-order valence-corrected chi connectivity index (χ4v) is 3.40. The van der Waals surface area contributed by atoms with E-state index in [-0.39, 0.29) is 29.8 Å². The van der Waals surface area contributed by atoms with Crippen LogP contribution in [0.3, 0.4) is 0 Å². The number of nitrogens with one attached hydrogen (secondary N) is 2. The minimum Gasteiger partial charge on any atom is -0.372 e. The third-order valence-electron chi connectivity index (χ3n) is 3.87. The summed E-state index contributed by atoms with van der Waals surface area (Å²) in [6, 6.07) is 6.83. The topological polar surface area (TPSA) is 52.6 Å². The number of nitrogens with zero attached hydrogens (tertiary/aromatic N) is 3. The zero-order valence-corrected chi connectivity index (χ0v) is 18.8. The lowest BCUT2D eigenvalue weighted by Gasteiger charge is -2.20. The molecule has 0 unspecified atom stereocenters. The number of aryl methyl sites for hydroxylation is 2. The van der Waals surface area contributed by atoms with Crippen LogP contribution in [-0.4, -0.2) is 38.1 Å². The predicted molar refractivity (Wildman–Crippen MR) is 119 cm³/mol. The van der Waals surface area contributed by atoms with E-state index in [0.717, 1.165) is 36.2 Å². The van der Waals surface area contributed by atoms with Crippen molar-refractivity contribution in [1.29, 1.82) is 0 Å². The summed E-state index contributed by atoms with van der Waals surface area (Å²) in [7, 11) is 3.66. The molecule has 0 bridgehead atoms. The molecule has 0 fully saturated rings. The van der Waals surface area contributed by atoms with Gasteiger partial charge in [0.15, 0.2) is 5.96 Å². The summed E-state index contributed by atoms with van der Waals surface area (Å²) in [5.41, 5.74) is 1.69. The van der Waals surface area contributed by atoms with Crippen LogP contribution in [0.5, 0.6) is 0 Å². The van der Waals surface area contributed by atoms with Gasteiger partial charge >= 0.3 is 0 Å². The van der Waals surface area contributed by atoms with E-state index in [4.69, 9.17) is 0 Å². The quantitative estimate of drug-likeness (QED) is 0.269. The van der Waals surface area contributed by atoms with Gasteiger partial charge in [-0.1, -0.05) is 12.1 Å². The van der Waals surface area contributed by atoms with Gasteiger partial charge in [0.25, 0.3) is 0 Å². The summed E-state index contributed by atoms with van der Waals surface area (Å²) >= 11 is 1.70. The van der Waals surface area contributed by atoms with Crippen LogP contribution < -0.4 is 15.5 Å². The fraction of sp³-hybridized carbons (Fsp3) is 0.444. The third kappa shape index (κ3) is 6.71. The highest BCUT2D eigenvalue weighted by Crippen LogP contribution is 2.17. The summed E-state index contributed by atoms with van der Waals surface area (Å²) < 4.78 is 13.7. The summed E-state index contributed by atoms with van der Waals surface area (Å²) in [4.78, 5) is 11.8. The highest BCUT2D eigenvalue weighted by atomic mass is 127. The van der Waals surface area contributed by atoms with Crippen molar-refractivity contribution in [3.63, 3.8) is 0 Å². The van der Waals surface area contributed by atoms with E-state index in [9.17, 15) is 4.39 Å². The summed E-state index contributed by atoms with van der Waals surface area (Å²) in [6.45, 7) is 6.28. The molecule has 0 amide bonds. The van der Waals surface area contributed by atoms with Gasteiger partial charge in [0.2, 0.25) is 0 Å². The first-order valence-corrected chi connectivity index (χ1v) is 9.16. The number of halogens is 2. The molecule has 2 rings (SSSR count). The van der Waals surface area contributed by atoms with E-state index in [2.05, 4.69) is 20.6 Å². The second-order valence-corrected chi connectivity index (χ2v) is 7.11. The monoisotopic (exact) mass is 491 g/mol. The van der Waals surface area contributed by atoms with Crippen molar-refractivity contribution in [3.05, 3.63) is 45.7 Å². The maximum Gasteiger partial charge on any atom is 0.191 e. The van der Waals surface area contributed by atoms with E-state index >= 15 is 0 Å². The molecular weight excluding hydrogens is 464 g/mol. The Labute approximate surface area is 176 Å². The Morgan fingerprint density at radius 2 is 2.00 bits per heavy atom. The van der Waals surface area contributed by atoms with Gasteiger partial charge < -0.3 is 15.5 Å². The van der Waals surface area contributed by atoms with Crippen LogP contribution >= 0.6 is 35.3 Å². The molecule has 1 aromatic heterocycles. The summed E-state index contributed by atoms with van der Waals surface area (Å²) in [5, 5.41) is 7.67. The number of hydrogen-bond donors (Lipinski definition) is 2. The van der Waals surface area contributed by atoms with Gasteiger partial charge in [-0.3, -0.25) is 4.99 Å². The number of aromatic nitrogens is 1. The van der Waals surface area contributed by atoms with E-state index in [1.165, 1.54) is 10.9 Å². The molecule has 0 atom stereocenters. The van der Waals surface area contributed by atoms with Crippen molar-refractivity contribution in [2.75, 3.05) is 32.1 Å². The second-order valence-electron chi connectivity index (χ2n) is 5.82. The Morgan fingerprint density at radius 1 is 1.27 bits per heavy atom. The average molecular weight is 491 g/mol. The number of thiazole rings is 1. The molecule has 2 aromatic rings. The normalized spacial score (nSPS) is 11.0. The molecule has 26 heavy (non-hydrogen) atoms. The maximum absolute atomic E-state index is 13.7. The molecule has 0 aliphatic rings. The predicted octanol–water partition coefficient (Wildman–Crippen LogP) is 3.71. The lowest BCUT2D eigenvalue weighted by molar-refractivity contribution is 0.619. The van der Waals surface area contributed by atoms with Crippen LogP contribution in [-0.2, 0) is 6.54 Å². The van der Waals surface area contributed by atoms with E-state index in [0.29, 0.717) is 12.2 Å². The van der Waals surface area contributed by atoms with Crippen molar-refractivity contribution in [2.24, 2.45) is 4.99 Å². The third-order valence-corrected chi connectivity index (χ3v) is 4.94. The number of hydrogen-bond acceptors (Lipinski definition) is 4. The van der Waals surface area contributed by atoms with Gasteiger partial charge in [-0.2, -0.15) is 0 Å². The molecule has 0 aliphatic carbocycles. The number of benzene rings is 1. The van der Waals surface area contributed by atoms with Gasteiger partial charge in [0.1, 0.15) is 5.82 Å². The van der Waals surface area contributed by atoms with Gasteiger partial charge in [0.05, 0.1) is 22.9 Å². The molecule has 5 nitrogen and oxygen atoms in total. The van der Waals surface area contributed by atoms with Crippen molar-refractivity contribution in [1.82, 2.24) is 15.6 Å². The van der Waals surface area contributed by atoms with E-state index < -0.39 is 0 Å². The fourth-order valence-electron chi connectivity index (χ4n) is 2.53. The Morgan fingerprint density at radius 3 is 2.62 bits per heavy atom. The number of anilines is 1. The minimum absolute atomic E-state index is 0. The molecule has 1 heterocycles. The molecule has 0 saturated carbocycles. The SMILES string of the molecule is CN=C(NCCCN(C)c1ccccc1F)NCc1sc(C)nc1C.I. The first kappa shape index (κ1) is 22.6. The van der Waals surface area contributed by atoms with Crippen LogP contribution in [0.2, 0.25) is 0 Å². The molecule has 1 aromatic carbocycles. The highest BCUT2D eigenvalue weighted by Gasteiger charge is 2.07. The van der Waals surface area contributed by atoms with Crippen molar-refractivity contribution >= 4 is 47.0 Å². The maximum atomic E-state index is 13.7. The van der Waals surface area contributed by atoms with Gasteiger partial charge in [-0.05, 0) is 32.4 Å². The smallest absolute Gasteiger partial charge is 0.191 e. The van der Waals surface area contributed by atoms with Crippen LogP contribution in [0.1, 0.15) is 22.0 Å². The standard InChI is InChI=1S/C18H26FN5S.HI/c1-13-17(25-14(2)23-13)12-22-18(20-3)21-10-7-11-24(4)16-9-6-5-8-15(16)19;/h5-6,8-9H,7,10-12H2,1-4H3,(H2,20,21,22);1H. The van der Waals surface area contributed by atoms with Crippen LogP contribution in [0, 0.1) is 19.7 Å². The number of aliphatic imine (C=N–C) groups is 1. The average Bonchev–Trinajstić information content (AvgIpc) is 2.92. The highest BCUT2D eigenvalue weighted by molar-refractivity contribution is 14.0. The van der Waals surface area contributed by atoms with Crippen LogP contribution in [0.25, 0.3) is 0 Å². The molecule has 144 valence electrons. The number of rotatable bonds is 7. The van der Waals surface area contributed by atoms with E-state index in [1.54, 1.807) is 30.5 Å². The molecule has 0 radical (unpaired) electrons. The first-order valence-electron chi connectivity index (χ1n) is 8.34. The lowest BCUT2D eigenvalue weighted by Crippen LogP contribution is -2.38. The number of para-hydroxylation sites is 1. The van der Waals surface area contributed by atoms with Crippen LogP contribution in [0.4, 0.5) is 10.1 Å². The summed E-state index contributed by atoms with van der Waals surface area (Å²) in [5.74, 6) is 0.574. The van der Waals surface area contributed by atoms with Crippen LogP contribution in [0.15, 0.2) is 29.3 Å². The van der Waals surface area contributed by atoms with Gasteiger partial charge in [-0.15, -0.1) is 35.3 Å². The molecule has 0 aliphatic heterocycles. The molecule has 2 N–H and O–H groups in total.